The lowest BCUT2D eigenvalue weighted by atomic mass is 10.2. The van der Waals surface area contributed by atoms with Gasteiger partial charge in [0, 0.05) is 6.16 Å². The molecule has 0 bridgehead atoms. The van der Waals surface area contributed by atoms with Crippen molar-refractivity contribution >= 4 is 8.03 Å². The van der Waals surface area contributed by atoms with Crippen molar-refractivity contribution in [1.29, 1.82) is 10.5 Å². The van der Waals surface area contributed by atoms with Crippen LogP contribution in [0.3, 0.4) is 0 Å². The number of hydrogen-bond acceptors (Lipinski definition) is 3. The van der Waals surface area contributed by atoms with Crippen LogP contribution in [0.25, 0.3) is 0 Å². The fourth-order valence-electron chi connectivity index (χ4n) is 0.531. The third kappa shape index (κ3) is 3.57. The minimum absolute atomic E-state index is 0.0683. The van der Waals surface area contributed by atoms with Crippen LogP contribution < -0.4 is 0 Å². The predicted octanol–water partition coefficient (Wildman–Crippen LogP) is 0.817. The molecule has 1 N–H and O–H groups in total. The summed E-state index contributed by atoms with van der Waals surface area (Å²) in [5, 5.41) is 16.6. The number of rotatable bonds is 2. The molecule has 0 rings (SSSR count). The molecule has 0 aromatic carbocycles. The van der Waals surface area contributed by atoms with E-state index < -0.39 is 8.03 Å². The standard InChI is InChI=1S/C6H7N2O2P/c1-5(4-11(9)10)6(2-7)3-8/h11H,4H2,1H3,(H,9,10). The Hall–Kier alpha value is -1.09. The molecule has 1 unspecified atom stereocenters. The maximum Gasteiger partial charge on any atom is 0.193 e. The van der Waals surface area contributed by atoms with Gasteiger partial charge in [-0.3, -0.25) is 4.57 Å². The van der Waals surface area contributed by atoms with Gasteiger partial charge in [0.1, 0.15) is 17.7 Å². The minimum Gasteiger partial charge on any atom is -0.346 e. The van der Waals surface area contributed by atoms with Crippen molar-refractivity contribution in [3.63, 3.8) is 0 Å². The average Bonchev–Trinajstić information content (AvgIpc) is 1.88. The van der Waals surface area contributed by atoms with Crippen molar-refractivity contribution in [1.82, 2.24) is 0 Å². The van der Waals surface area contributed by atoms with E-state index >= 15 is 0 Å². The van der Waals surface area contributed by atoms with Gasteiger partial charge in [0.15, 0.2) is 8.03 Å². The van der Waals surface area contributed by atoms with Gasteiger partial charge in [0.25, 0.3) is 0 Å². The van der Waals surface area contributed by atoms with Crippen LogP contribution in [0.15, 0.2) is 11.1 Å². The molecule has 0 heterocycles. The summed E-state index contributed by atoms with van der Waals surface area (Å²) in [6.07, 6.45) is -0.0683. The highest BCUT2D eigenvalue weighted by atomic mass is 31.1. The van der Waals surface area contributed by atoms with E-state index in [0.29, 0.717) is 5.57 Å². The lowest BCUT2D eigenvalue weighted by Gasteiger charge is -1.94. The first-order valence-corrected chi connectivity index (χ1v) is 4.39. The normalized spacial score (nSPS) is 10.9. The first-order chi connectivity index (χ1) is 5.11. The molecular weight excluding hydrogens is 163 g/mol. The van der Waals surface area contributed by atoms with Crippen LogP contribution in [0.2, 0.25) is 0 Å². The second-order valence-electron chi connectivity index (χ2n) is 1.95. The van der Waals surface area contributed by atoms with Crippen LogP contribution in [-0.4, -0.2) is 11.1 Å². The lowest BCUT2D eigenvalue weighted by molar-refractivity contribution is 0.505. The van der Waals surface area contributed by atoms with Crippen LogP contribution in [0, 0.1) is 22.7 Å². The molecule has 0 aliphatic rings. The molecule has 0 spiro atoms. The average molecular weight is 170 g/mol. The Kier molecular flexibility index (Phi) is 4.22. The third-order valence-electron chi connectivity index (χ3n) is 1.07. The summed E-state index contributed by atoms with van der Waals surface area (Å²) in [5.74, 6) is 0. The summed E-state index contributed by atoms with van der Waals surface area (Å²) in [6.45, 7) is 1.50. The molecule has 4 nitrogen and oxygen atoms in total. The summed E-state index contributed by atoms with van der Waals surface area (Å²) < 4.78 is 10.3. The maximum absolute atomic E-state index is 10.3. The van der Waals surface area contributed by atoms with Crippen molar-refractivity contribution in [3.05, 3.63) is 11.1 Å². The smallest absolute Gasteiger partial charge is 0.193 e. The molecule has 0 aliphatic carbocycles. The highest BCUT2D eigenvalue weighted by Gasteiger charge is 2.02. The summed E-state index contributed by atoms with van der Waals surface area (Å²) in [4.78, 5) is 8.46. The van der Waals surface area contributed by atoms with E-state index in [0.717, 1.165) is 0 Å². The van der Waals surface area contributed by atoms with E-state index in [2.05, 4.69) is 0 Å². The Bertz CT molecular complexity index is 266. The Balaban J connectivity index is 4.56. The van der Waals surface area contributed by atoms with E-state index in [1.54, 1.807) is 12.1 Å². The maximum atomic E-state index is 10.3. The number of nitrogens with zero attached hydrogens (tertiary/aromatic N) is 2. The molecule has 1 atom stereocenters. The first-order valence-electron chi connectivity index (χ1n) is 2.83. The van der Waals surface area contributed by atoms with Crippen LogP contribution >= 0.6 is 8.03 Å². The van der Waals surface area contributed by atoms with Crippen molar-refractivity contribution in [2.24, 2.45) is 0 Å². The van der Waals surface area contributed by atoms with E-state index in [1.807, 2.05) is 0 Å². The first kappa shape index (κ1) is 9.91. The number of allylic oxidation sites excluding steroid dienone is 2. The van der Waals surface area contributed by atoms with Crippen molar-refractivity contribution < 1.29 is 9.46 Å². The summed E-state index contributed by atoms with van der Waals surface area (Å²) in [7, 11) is -2.61. The van der Waals surface area contributed by atoms with Crippen molar-refractivity contribution in [3.8, 4) is 12.1 Å². The number of hydrogen-bond donors (Lipinski definition) is 1. The quantitative estimate of drug-likeness (QED) is 0.491. The van der Waals surface area contributed by atoms with Gasteiger partial charge >= 0.3 is 0 Å². The fourth-order valence-corrected chi connectivity index (χ4v) is 1.16. The molecule has 0 aromatic rings. The van der Waals surface area contributed by atoms with E-state index in [1.165, 1.54) is 6.92 Å². The highest BCUT2D eigenvalue weighted by molar-refractivity contribution is 7.38. The molecule has 0 fully saturated rings. The van der Waals surface area contributed by atoms with Gasteiger partial charge in [0.2, 0.25) is 0 Å². The number of nitriles is 2. The zero-order chi connectivity index (χ0) is 8.85. The van der Waals surface area contributed by atoms with Gasteiger partial charge in [-0.05, 0) is 12.5 Å². The van der Waals surface area contributed by atoms with Crippen molar-refractivity contribution in [2.75, 3.05) is 6.16 Å². The van der Waals surface area contributed by atoms with Gasteiger partial charge < -0.3 is 4.89 Å². The van der Waals surface area contributed by atoms with Crippen LogP contribution in [0.4, 0.5) is 0 Å². The van der Waals surface area contributed by atoms with Gasteiger partial charge in [0.05, 0.1) is 0 Å². The molecule has 0 saturated heterocycles. The van der Waals surface area contributed by atoms with Gasteiger partial charge in [-0.1, -0.05) is 0 Å². The molecule has 11 heavy (non-hydrogen) atoms. The minimum atomic E-state index is -2.61. The lowest BCUT2D eigenvalue weighted by Crippen LogP contribution is -1.86. The second-order valence-corrected chi connectivity index (χ2v) is 3.09. The van der Waals surface area contributed by atoms with E-state index in [4.69, 9.17) is 15.4 Å². The van der Waals surface area contributed by atoms with Crippen molar-refractivity contribution in [2.45, 2.75) is 6.92 Å². The summed E-state index contributed by atoms with van der Waals surface area (Å²) >= 11 is 0. The summed E-state index contributed by atoms with van der Waals surface area (Å²) in [6, 6.07) is 3.28. The van der Waals surface area contributed by atoms with Gasteiger partial charge in [-0.2, -0.15) is 10.5 Å². The van der Waals surface area contributed by atoms with Gasteiger partial charge in [-0.15, -0.1) is 0 Å². The Labute approximate surface area is 65.2 Å². The highest BCUT2D eigenvalue weighted by Crippen LogP contribution is 2.19. The summed E-state index contributed by atoms with van der Waals surface area (Å²) in [5.41, 5.74) is 0.304. The second kappa shape index (κ2) is 4.68. The van der Waals surface area contributed by atoms with E-state index in [9.17, 15) is 4.57 Å². The predicted molar refractivity (Wildman–Crippen MR) is 40.0 cm³/mol. The Morgan fingerprint density at radius 1 is 1.55 bits per heavy atom. The zero-order valence-electron chi connectivity index (χ0n) is 5.96. The Morgan fingerprint density at radius 3 is 2.27 bits per heavy atom. The molecule has 0 saturated carbocycles. The molecule has 0 amide bonds. The van der Waals surface area contributed by atoms with Crippen LogP contribution in [0.1, 0.15) is 6.92 Å². The monoisotopic (exact) mass is 170 g/mol. The molecule has 0 aliphatic heterocycles. The zero-order valence-corrected chi connectivity index (χ0v) is 6.96. The van der Waals surface area contributed by atoms with Gasteiger partial charge in [-0.25, -0.2) is 0 Å². The Morgan fingerprint density at radius 2 is 2.00 bits per heavy atom. The molecule has 5 heteroatoms. The van der Waals surface area contributed by atoms with Crippen LogP contribution in [0.5, 0.6) is 0 Å². The van der Waals surface area contributed by atoms with E-state index in [-0.39, 0.29) is 11.7 Å². The topological polar surface area (TPSA) is 84.9 Å². The largest absolute Gasteiger partial charge is 0.346 e. The molecule has 58 valence electrons. The molecule has 0 radical (unpaired) electrons. The van der Waals surface area contributed by atoms with Crippen LogP contribution in [-0.2, 0) is 4.57 Å². The fraction of sp³-hybridized carbons (Fsp3) is 0.333. The third-order valence-corrected chi connectivity index (χ3v) is 1.90. The molecule has 0 aromatic heterocycles. The molecular formula is C6H7N2O2P. The SMILES string of the molecule is CC(C[PH](=O)O)=C(C#N)C#N.